The Kier molecular flexibility index (Phi) is 5.33. The Bertz CT molecular complexity index is 492. The van der Waals surface area contributed by atoms with E-state index in [2.05, 4.69) is 0 Å². The smallest absolute Gasteiger partial charge is 0.252 e. The highest BCUT2D eigenvalue weighted by molar-refractivity contribution is 7.91. The molecule has 0 radical (unpaired) electrons. The van der Waals surface area contributed by atoms with Crippen molar-refractivity contribution < 1.29 is 8.42 Å². The highest BCUT2D eigenvalue weighted by atomic mass is 32.2. The molecule has 0 aliphatic carbocycles. The molecule has 1 aromatic heterocycles. The van der Waals surface area contributed by atoms with Crippen LogP contribution in [0.25, 0.3) is 0 Å². The van der Waals surface area contributed by atoms with Crippen LogP contribution in [0.4, 0.5) is 0 Å². The van der Waals surface area contributed by atoms with Crippen LogP contribution in [0.5, 0.6) is 0 Å². The van der Waals surface area contributed by atoms with Gasteiger partial charge < -0.3 is 5.73 Å². The molecule has 0 saturated heterocycles. The number of sulfonamides is 1. The molecule has 0 amide bonds. The molecule has 0 fully saturated rings. The lowest BCUT2D eigenvalue weighted by Crippen LogP contribution is -2.33. The normalized spacial score (nSPS) is 12.6. The first-order valence-corrected chi connectivity index (χ1v) is 8.38. The largest absolute Gasteiger partial charge is 0.326 e. The van der Waals surface area contributed by atoms with Crippen molar-refractivity contribution in [3.8, 4) is 0 Å². The van der Waals surface area contributed by atoms with E-state index in [0.29, 0.717) is 29.8 Å². The minimum Gasteiger partial charge on any atom is -0.326 e. The monoisotopic (exact) mass is 290 g/mol. The van der Waals surface area contributed by atoms with Crippen LogP contribution in [-0.4, -0.2) is 25.8 Å². The quantitative estimate of drug-likeness (QED) is 0.873. The van der Waals surface area contributed by atoms with Crippen LogP contribution in [0.2, 0.25) is 0 Å². The highest BCUT2D eigenvalue weighted by Gasteiger charge is 2.26. The fourth-order valence-corrected chi connectivity index (χ4v) is 4.99. The van der Waals surface area contributed by atoms with Crippen molar-refractivity contribution in [1.29, 1.82) is 0 Å². The number of aryl methyl sites for hydroxylation is 1. The lowest BCUT2D eigenvalue weighted by molar-refractivity contribution is 0.382. The van der Waals surface area contributed by atoms with Gasteiger partial charge in [-0.05, 0) is 24.5 Å². The van der Waals surface area contributed by atoms with Crippen LogP contribution >= 0.6 is 11.3 Å². The molecule has 6 heteroatoms. The van der Waals surface area contributed by atoms with Gasteiger partial charge in [0.15, 0.2) is 0 Å². The molecule has 0 unspecified atom stereocenters. The second kappa shape index (κ2) is 6.14. The number of hydrogen-bond donors (Lipinski definition) is 1. The van der Waals surface area contributed by atoms with Crippen molar-refractivity contribution in [3.05, 3.63) is 16.5 Å². The maximum Gasteiger partial charge on any atom is 0.252 e. The van der Waals surface area contributed by atoms with Gasteiger partial charge in [0.25, 0.3) is 10.0 Å². The Balaban J connectivity index is 3.10. The second-order valence-corrected chi connectivity index (χ2v) is 8.03. The number of rotatable bonds is 6. The Morgan fingerprint density at radius 3 is 2.44 bits per heavy atom. The summed E-state index contributed by atoms with van der Waals surface area (Å²) in [7, 11) is -3.36. The summed E-state index contributed by atoms with van der Waals surface area (Å²) >= 11 is 1.28. The van der Waals surface area contributed by atoms with E-state index < -0.39 is 10.0 Å². The Morgan fingerprint density at radius 1 is 1.44 bits per heavy atom. The third-order valence-electron chi connectivity index (χ3n) is 2.70. The van der Waals surface area contributed by atoms with Crippen LogP contribution in [-0.2, 0) is 16.6 Å². The zero-order chi connectivity index (χ0) is 13.9. The van der Waals surface area contributed by atoms with Crippen LogP contribution in [0.3, 0.4) is 0 Å². The zero-order valence-corrected chi connectivity index (χ0v) is 13.1. The van der Waals surface area contributed by atoms with Gasteiger partial charge in [-0.15, -0.1) is 11.3 Å². The minimum absolute atomic E-state index is 0.315. The SMILES string of the molecule is CCN(CC(C)C)S(=O)(=O)c1cc(C)c(CN)s1. The van der Waals surface area contributed by atoms with Gasteiger partial charge in [0.2, 0.25) is 0 Å². The van der Waals surface area contributed by atoms with Gasteiger partial charge in [0.1, 0.15) is 4.21 Å². The molecule has 0 aliphatic rings. The predicted octanol–water partition coefficient (Wildman–Crippen LogP) is 2.18. The van der Waals surface area contributed by atoms with E-state index in [1.807, 2.05) is 27.7 Å². The number of nitrogens with two attached hydrogens (primary N) is 1. The fourth-order valence-electron chi connectivity index (χ4n) is 1.75. The highest BCUT2D eigenvalue weighted by Crippen LogP contribution is 2.28. The lowest BCUT2D eigenvalue weighted by Gasteiger charge is -2.21. The van der Waals surface area contributed by atoms with Crippen molar-refractivity contribution in [3.63, 3.8) is 0 Å². The maximum atomic E-state index is 12.5. The standard InChI is InChI=1S/C12H22N2O2S2/c1-5-14(8-9(2)3)18(15,16)12-6-10(4)11(7-13)17-12/h6,9H,5,7-8,13H2,1-4H3. The molecule has 1 rings (SSSR count). The predicted molar refractivity (Wildman–Crippen MR) is 76.2 cm³/mol. The van der Waals surface area contributed by atoms with E-state index in [1.165, 1.54) is 15.6 Å². The zero-order valence-electron chi connectivity index (χ0n) is 11.4. The molecule has 4 nitrogen and oxygen atoms in total. The lowest BCUT2D eigenvalue weighted by atomic mass is 10.2. The Hall–Kier alpha value is -0.430. The topological polar surface area (TPSA) is 63.4 Å². The van der Waals surface area contributed by atoms with E-state index in [9.17, 15) is 8.42 Å². The third-order valence-corrected chi connectivity index (χ3v) is 6.35. The number of hydrogen-bond acceptors (Lipinski definition) is 4. The first-order chi connectivity index (χ1) is 8.32. The van der Waals surface area contributed by atoms with Gasteiger partial charge in [0.05, 0.1) is 0 Å². The average molecular weight is 290 g/mol. The minimum atomic E-state index is -3.36. The number of nitrogens with zero attached hydrogens (tertiary/aromatic N) is 1. The number of thiophene rings is 1. The van der Waals surface area contributed by atoms with E-state index >= 15 is 0 Å². The molecule has 0 aromatic carbocycles. The van der Waals surface area contributed by atoms with Crippen LogP contribution in [0.15, 0.2) is 10.3 Å². The van der Waals surface area contributed by atoms with Crippen molar-refractivity contribution >= 4 is 21.4 Å². The average Bonchev–Trinajstić information content (AvgIpc) is 2.67. The van der Waals surface area contributed by atoms with Crippen LogP contribution in [0.1, 0.15) is 31.2 Å². The summed E-state index contributed by atoms with van der Waals surface area (Å²) in [5, 5.41) is 0. The first-order valence-electron chi connectivity index (χ1n) is 6.12. The third kappa shape index (κ3) is 3.32. The van der Waals surface area contributed by atoms with Crippen LogP contribution < -0.4 is 5.73 Å². The summed E-state index contributed by atoms with van der Waals surface area (Å²) < 4.78 is 26.9. The van der Waals surface area contributed by atoms with Gasteiger partial charge in [-0.2, -0.15) is 4.31 Å². The van der Waals surface area contributed by atoms with E-state index in [4.69, 9.17) is 5.73 Å². The van der Waals surface area contributed by atoms with E-state index in [1.54, 1.807) is 6.07 Å². The van der Waals surface area contributed by atoms with Gasteiger partial charge in [0, 0.05) is 24.5 Å². The van der Waals surface area contributed by atoms with Gasteiger partial charge in [-0.3, -0.25) is 0 Å². The first kappa shape index (κ1) is 15.6. The summed E-state index contributed by atoms with van der Waals surface area (Å²) in [4.78, 5) is 0.939. The Morgan fingerprint density at radius 2 is 2.06 bits per heavy atom. The molecule has 0 spiro atoms. The molecule has 0 atom stereocenters. The van der Waals surface area contributed by atoms with Gasteiger partial charge >= 0.3 is 0 Å². The molecule has 1 aromatic rings. The summed E-state index contributed by atoms with van der Waals surface area (Å²) in [6, 6.07) is 1.73. The van der Waals surface area contributed by atoms with Crippen molar-refractivity contribution in [1.82, 2.24) is 4.31 Å². The molecule has 0 bridgehead atoms. The molecular weight excluding hydrogens is 268 g/mol. The second-order valence-electron chi connectivity index (χ2n) is 4.73. The van der Waals surface area contributed by atoms with E-state index in [-0.39, 0.29) is 0 Å². The fraction of sp³-hybridized carbons (Fsp3) is 0.667. The summed E-state index contributed by atoms with van der Waals surface area (Å²) in [6.45, 7) is 9.23. The molecule has 0 aliphatic heterocycles. The van der Waals surface area contributed by atoms with Gasteiger partial charge in [-0.1, -0.05) is 20.8 Å². The Labute approximate surface area is 114 Å². The van der Waals surface area contributed by atoms with Crippen molar-refractivity contribution in [2.75, 3.05) is 13.1 Å². The van der Waals surface area contributed by atoms with Crippen molar-refractivity contribution in [2.45, 2.75) is 38.4 Å². The molecule has 0 saturated carbocycles. The molecule has 18 heavy (non-hydrogen) atoms. The van der Waals surface area contributed by atoms with Gasteiger partial charge in [-0.25, -0.2) is 8.42 Å². The molecule has 2 N–H and O–H groups in total. The van der Waals surface area contributed by atoms with Crippen LogP contribution in [0, 0.1) is 12.8 Å². The summed E-state index contributed by atoms with van der Waals surface area (Å²) in [6.07, 6.45) is 0. The summed E-state index contributed by atoms with van der Waals surface area (Å²) in [5.74, 6) is 0.315. The molecule has 104 valence electrons. The molecule has 1 heterocycles. The summed E-state index contributed by atoms with van der Waals surface area (Å²) in [5.41, 5.74) is 6.56. The van der Waals surface area contributed by atoms with E-state index in [0.717, 1.165) is 10.4 Å². The maximum absolute atomic E-state index is 12.5. The van der Waals surface area contributed by atoms with Crippen molar-refractivity contribution in [2.24, 2.45) is 11.7 Å². The molecular formula is C12H22N2O2S2.